The van der Waals surface area contributed by atoms with Crippen LogP contribution < -0.4 is 16.4 Å². The predicted octanol–water partition coefficient (Wildman–Crippen LogP) is 3.52. The van der Waals surface area contributed by atoms with Crippen molar-refractivity contribution in [2.45, 2.75) is 50.3 Å². The maximum Gasteiger partial charge on any atom is 0.165 e. The zero-order chi connectivity index (χ0) is 25.4. The van der Waals surface area contributed by atoms with E-state index in [0.29, 0.717) is 42.8 Å². The van der Waals surface area contributed by atoms with Crippen LogP contribution >= 0.6 is 0 Å². The van der Waals surface area contributed by atoms with Crippen molar-refractivity contribution in [3.05, 3.63) is 60.6 Å². The fraction of sp³-hybridized carbons (Fsp3) is 0.407. The highest BCUT2D eigenvalue weighted by Gasteiger charge is 2.34. The summed E-state index contributed by atoms with van der Waals surface area (Å²) in [5, 5.41) is 0. The van der Waals surface area contributed by atoms with E-state index < -0.39 is 5.54 Å². The molecular formula is C27H31FN8O. The summed E-state index contributed by atoms with van der Waals surface area (Å²) < 4.78 is 21.6. The van der Waals surface area contributed by atoms with Gasteiger partial charge in [-0.05, 0) is 68.0 Å². The Morgan fingerprint density at radius 3 is 2.70 bits per heavy atom. The smallest absolute Gasteiger partial charge is 0.165 e. The second kappa shape index (κ2) is 9.68. The van der Waals surface area contributed by atoms with E-state index in [1.165, 1.54) is 24.9 Å². The summed E-state index contributed by atoms with van der Waals surface area (Å²) in [6.07, 6.45) is 10.8. The standard InChI is InChI=1S/C27H31FN8O/c28-20-7-5-18(6-8-20)22-11-19(13-36-17-34-24-25(29)32-16-33-26(24)36)23(12-31-22)35-10-2-9-27(30,14-35)15-37-21-3-1-4-21/h5-8,11-12,16-17,21H,1-4,9-10,13-15,30H2,(H2,29,32,33)/t27-/m1/s1. The van der Waals surface area contributed by atoms with Crippen LogP contribution in [0.15, 0.2) is 49.2 Å². The van der Waals surface area contributed by atoms with E-state index >= 15 is 0 Å². The molecule has 4 heterocycles. The number of pyridine rings is 1. The Labute approximate surface area is 214 Å². The van der Waals surface area contributed by atoms with Crippen molar-refractivity contribution < 1.29 is 9.13 Å². The Hall–Kier alpha value is -3.63. The number of imidazole rings is 1. The van der Waals surface area contributed by atoms with Crippen LogP contribution in [0.3, 0.4) is 0 Å². The number of hydrogen-bond acceptors (Lipinski definition) is 8. The van der Waals surface area contributed by atoms with Gasteiger partial charge in [0.1, 0.15) is 17.7 Å². The van der Waals surface area contributed by atoms with Crippen LogP contribution in [-0.2, 0) is 11.3 Å². The zero-order valence-electron chi connectivity index (χ0n) is 20.7. The number of halogens is 1. The molecule has 3 aromatic heterocycles. The second-order valence-electron chi connectivity index (χ2n) is 10.3. The van der Waals surface area contributed by atoms with E-state index in [2.05, 4.69) is 25.9 Å². The summed E-state index contributed by atoms with van der Waals surface area (Å²) in [5.74, 6) is 0.0700. The number of nitrogen functional groups attached to an aromatic ring is 1. The van der Waals surface area contributed by atoms with Gasteiger partial charge in [-0.15, -0.1) is 0 Å². The Morgan fingerprint density at radius 2 is 1.92 bits per heavy atom. The monoisotopic (exact) mass is 502 g/mol. The van der Waals surface area contributed by atoms with Gasteiger partial charge >= 0.3 is 0 Å². The van der Waals surface area contributed by atoms with Gasteiger partial charge in [-0.25, -0.2) is 19.3 Å². The van der Waals surface area contributed by atoms with E-state index in [4.69, 9.17) is 21.2 Å². The molecule has 1 saturated carbocycles. The van der Waals surface area contributed by atoms with Crippen molar-refractivity contribution in [1.82, 2.24) is 24.5 Å². The minimum Gasteiger partial charge on any atom is -0.382 e. The van der Waals surface area contributed by atoms with Crippen molar-refractivity contribution in [3.63, 3.8) is 0 Å². The topological polar surface area (TPSA) is 121 Å². The fourth-order valence-electron chi connectivity index (χ4n) is 5.18. The molecule has 4 N–H and O–H groups in total. The molecule has 0 bridgehead atoms. The Balaban J connectivity index is 1.34. The lowest BCUT2D eigenvalue weighted by atomic mass is 9.89. The van der Waals surface area contributed by atoms with Crippen molar-refractivity contribution in [3.8, 4) is 11.3 Å². The van der Waals surface area contributed by atoms with Gasteiger partial charge in [0, 0.05) is 18.7 Å². The van der Waals surface area contributed by atoms with Crippen LogP contribution in [0.4, 0.5) is 15.9 Å². The number of hydrogen-bond donors (Lipinski definition) is 2. The number of rotatable bonds is 7. The second-order valence-corrected chi connectivity index (χ2v) is 10.3. The lowest BCUT2D eigenvalue weighted by Gasteiger charge is -2.43. The molecular weight excluding hydrogens is 471 g/mol. The van der Waals surface area contributed by atoms with E-state index in [1.54, 1.807) is 18.5 Å². The average Bonchev–Trinajstić information content (AvgIpc) is 3.27. The van der Waals surface area contributed by atoms with Crippen LogP contribution in [0.25, 0.3) is 22.4 Å². The van der Waals surface area contributed by atoms with Crippen molar-refractivity contribution in [2.75, 3.05) is 30.3 Å². The minimum absolute atomic E-state index is 0.278. The molecule has 2 fully saturated rings. The van der Waals surface area contributed by atoms with Gasteiger partial charge in [-0.1, -0.05) is 0 Å². The van der Waals surface area contributed by atoms with Crippen LogP contribution in [0.1, 0.15) is 37.7 Å². The summed E-state index contributed by atoms with van der Waals surface area (Å²) in [5.41, 5.74) is 17.4. The number of ether oxygens (including phenoxy) is 1. The lowest BCUT2D eigenvalue weighted by Crippen LogP contribution is -2.58. The normalized spacial score (nSPS) is 20.3. The molecule has 0 amide bonds. The molecule has 9 nitrogen and oxygen atoms in total. The first-order valence-corrected chi connectivity index (χ1v) is 12.8. The number of benzene rings is 1. The molecule has 0 spiro atoms. The maximum absolute atomic E-state index is 13.6. The third kappa shape index (κ3) is 4.86. The molecule has 1 aliphatic carbocycles. The number of anilines is 2. The zero-order valence-corrected chi connectivity index (χ0v) is 20.7. The summed E-state index contributed by atoms with van der Waals surface area (Å²) in [6.45, 7) is 2.63. The van der Waals surface area contributed by atoms with Crippen LogP contribution in [0.2, 0.25) is 0 Å². The van der Waals surface area contributed by atoms with Crippen LogP contribution in [-0.4, -0.2) is 55.8 Å². The molecule has 37 heavy (non-hydrogen) atoms. The van der Waals surface area contributed by atoms with Crippen LogP contribution in [0, 0.1) is 5.82 Å². The molecule has 1 saturated heterocycles. The average molecular weight is 503 g/mol. The highest BCUT2D eigenvalue weighted by atomic mass is 19.1. The SMILES string of the molecule is Nc1ncnc2c1ncn2Cc1cc(-c2ccc(F)cc2)ncc1N1CCC[C@](N)(COC2CCC2)C1. The third-order valence-electron chi connectivity index (χ3n) is 7.48. The maximum atomic E-state index is 13.6. The van der Waals surface area contributed by atoms with E-state index in [0.717, 1.165) is 54.7 Å². The van der Waals surface area contributed by atoms with Crippen molar-refractivity contribution in [1.29, 1.82) is 0 Å². The van der Waals surface area contributed by atoms with Crippen LogP contribution in [0.5, 0.6) is 0 Å². The van der Waals surface area contributed by atoms with Gasteiger partial charge in [-0.2, -0.15) is 0 Å². The Morgan fingerprint density at radius 1 is 1.08 bits per heavy atom. The highest BCUT2D eigenvalue weighted by molar-refractivity contribution is 5.81. The largest absolute Gasteiger partial charge is 0.382 e. The molecule has 0 radical (unpaired) electrons. The molecule has 10 heteroatoms. The number of nitrogens with two attached hydrogens (primary N) is 2. The van der Waals surface area contributed by atoms with Crippen molar-refractivity contribution >= 4 is 22.7 Å². The predicted molar refractivity (Wildman–Crippen MR) is 140 cm³/mol. The summed E-state index contributed by atoms with van der Waals surface area (Å²) in [4.78, 5) is 20.0. The summed E-state index contributed by atoms with van der Waals surface area (Å²) >= 11 is 0. The summed E-state index contributed by atoms with van der Waals surface area (Å²) in [7, 11) is 0. The molecule has 1 aromatic carbocycles. The van der Waals surface area contributed by atoms with Gasteiger partial charge in [0.05, 0.1) is 48.7 Å². The van der Waals surface area contributed by atoms with Gasteiger partial charge in [0.2, 0.25) is 0 Å². The molecule has 1 atom stereocenters. The fourth-order valence-corrected chi connectivity index (χ4v) is 5.18. The molecule has 192 valence electrons. The van der Waals surface area contributed by atoms with E-state index in [9.17, 15) is 4.39 Å². The molecule has 1 aliphatic heterocycles. The van der Waals surface area contributed by atoms with Crippen molar-refractivity contribution in [2.24, 2.45) is 5.73 Å². The number of nitrogens with zero attached hydrogens (tertiary/aromatic N) is 6. The van der Waals surface area contributed by atoms with E-state index in [-0.39, 0.29) is 5.82 Å². The first-order valence-electron chi connectivity index (χ1n) is 12.8. The first kappa shape index (κ1) is 23.7. The van der Waals surface area contributed by atoms with Gasteiger partial charge in [0.15, 0.2) is 11.5 Å². The number of piperidine rings is 1. The Kier molecular flexibility index (Phi) is 6.21. The minimum atomic E-state index is -0.413. The lowest BCUT2D eigenvalue weighted by molar-refractivity contribution is -0.0249. The van der Waals surface area contributed by atoms with Gasteiger partial charge < -0.3 is 25.7 Å². The summed E-state index contributed by atoms with van der Waals surface area (Å²) in [6, 6.07) is 8.43. The molecule has 0 unspecified atom stereocenters. The van der Waals surface area contributed by atoms with E-state index in [1.807, 2.05) is 10.8 Å². The number of aromatic nitrogens is 5. The van der Waals surface area contributed by atoms with Gasteiger partial charge in [0.25, 0.3) is 0 Å². The number of fused-ring (bicyclic) bond motifs is 1. The molecule has 4 aromatic rings. The molecule has 6 rings (SSSR count). The third-order valence-corrected chi connectivity index (χ3v) is 7.48. The molecule has 2 aliphatic rings. The Bertz CT molecular complexity index is 1400. The van der Waals surface area contributed by atoms with Gasteiger partial charge in [-0.3, -0.25) is 4.98 Å². The highest BCUT2D eigenvalue weighted by Crippen LogP contribution is 2.32. The quantitative estimate of drug-likeness (QED) is 0.394. The first-order chi connectivity index (χ1) is 18.0.